The number of benzene rings is 2. The predicted octanol–water partition coefficient (Wildman–Crippen LogP) is 2.97. The minimum Gasteiger partial charge on any atom is -0.326 e. The van der Waals surface area contributed by atoms with Crippen LogP contribution in [0.1, 0.15) is 23.0 Å². The second-order valence-corrected chi connectivity index (χ2v) is 6.13. The first-order valence-electron chi connectivity index (χ1n) is 8.54. The van der Waals surface area contributed by atoms with Gasteiger partial charge < -0.3 is 10.6 Å². The molecular formula is C20H19N5O3. The number of nitrogens with one attached hydrogen (secondary N) is 4. The van der Waals surface area contributed by atoms with Crippen LogP contribution in [0.4, 0.5) is 16.2 Å². The third-order valence-electron chi connectivity index (χ3n) is 3.92. The summed E-state index contributed by atoms with van der Waals surface area (Å²) >= 11 is 0. The summed E-state index contributed by atoms with van der Waals surface area (Å²) in [6.07, 6.45) is 0. The van der Waals surface area contributed by atoms with Gasteiger partial charge >= 0.3 is 6.03 Å². The molecule has 0 spiro atoms. The fourth-order valence-corrected chi connectivity index (χ4v) is 2.60. The summed E-state index contributed by atoms with van der Waals surface area (Å²) in [5.74, 6) is -0.704. The summed E-state index contributed by atoms with van der Waals surface area (Å²) in [5, 5.41) is 6.21. The van der Waals surface area contributed by atoms with E-state index in [0.717, 1.165) is 10.9 Å². The lowest BCUT2D eigenvalue weighted by Crippen LogP contribution is -2.44. The van der Waals surface area contributed by atoms with Gasteiger partial charge in [-0.05, 0) is 42.8 Å². The number of para-hydroxylation sites is 1. The Kier molecular flexibility index (Phi) is 5.50. The second kappa shape index (κ2) is 8.17. The number of nitrogens with zero attached hydrogens (tertiary/aromatic N) is 1. The van der Waals surface area contributed by atoms with Crippen LogP contribution >= 0.6 is 0 Å². The van der Waals surface area contributed by atoms with Crippen molar-refractivity contribution >= 4 is 40.1 Å². The lowest BCUT2D eigenvalue weighted by Gasteiger charge is -2.11. The highest BCUT2D eigenvalue weighted by atomic mass is 16.2. The van der Waals surface area contributed by atoms with E-state index in [9.17, 15) is 14.4 Å². The van der Waals surface area contributed by atoms with Gasteiger partial charge in [0.05, 0.1) is 5.52 Å². The monoisotopic (exact) mass is 377 g/mol. The molecular weight excluding hydrogens is 358 g/mol. The van der Waals surface area contributed by atoms with E-state index in [4.69, 9.17) is 0 Å². The van der Waals surface area contributed by atoms with Gasteiger partial charge in [-0.2, -0.15) is 0 Å². The molecule has 2 aromatic carbocycles. The molecule has 1 heterocycles. The van der Waals surface area contributed by atoms with E-state index < -0.39 is 11.9 Å². The third-order valence-corrected chi connectivity index (χ3v) is 3.92. The largest absolute Gasteiger partial charge is 0.337 e. The van der Waals surface area contributed by atoms with Crippen LogP contribution in [0.5, 0.6) is 0 Å². The molecule has 0 bridgehead atoms. The number of fused-ring (bicyclic) bond motifs is 1. The van der Waals surface area contributed by atoms with Crippen molar-refractivity contribution in [2.45, 2.75) is 13.8 Å². The average molecular weight is 377 g/mol. The molecule has 0 aliphatic rings. The maximum atomic E-state index is 12.2. The quantitative estimate of drug-likeness (QED) is 0.526. The van der Waals surface area contributed by atoms with Crippen LogP contribution in [0.3, 0.4) is 0 Å². The molecule has 4 N–H and O–H groups in total. The first-order chi connectivity index (χ1) is 13.4. The third kappa shape index (κ3) is 4.61. The van der Waals surface area contributed by atoms with Gasteiger partial charge in [0.1, 0.15) is 5.69 Å². The van der Waals surface area contributed by atoms with Crippen molar-refractivity contribution in [3.63, 3.8) is 0 Å². The number of pyridine rings is 1. The predicted molar refractivity (Wildman–Crippen MR) is 107 cm³/mol. The van der Waals surface area contributed by atoms with Crippen LogP contribution in [0.2, 0.25) is 0 Å². The highest BCUT2D eigenvalue weighted by Gasteiger charge is 2.10. The fourth-order valence-electron chi connectivity index (χ4n) is 2.60. The van der Waals surface area contributed by atoms with Crippen molar-refractivity contribution in [2.24, 2.45) is 0 Å². The summed E-state index contributed by atoms with van der Waals surface area (Å²) in [5.41, 5.74) is 7.44. The van der Waals surface area contributed by atoms with Gasteiger partial charge in [0, 0.05) is 23.7 Å². The Bertz CT molecular complexity index is 1060. The minimum atomic E-state index is -0.610. The van der Waals surface area contributed by atoms with Crippen LogP contribution in [-0.2, 0) is 4.79 Å². The Balaban J connectivity index is 1.58. The zero-order valence-electron chi connectivity index (χ0n) is 15.4. The summed E-state index contributed by atoms with van der Waals surface area (Å²) in [4.78, 5) is 39.6. The lowest BCUT2D eigenvalue weighted by molar-refractivity contribution is -0.114. The van der Waals surface area contributed by atoms with Crippen LogP contribution in [0, 0.1) is 6.92 Å². The first kappa shape index (κ1) is 18.8. The maximum Gasteiger partial charge on any atom is 0.337 e. The van der Waals surface area contributed by atoms with E-state index in [-0.39, 0.29) is 11.6 Å². The number of hydrazine groups is 1. The molecule has 28 heavy (non-hydrogen) atoms. The highest BCUT2D eigenvalue weighted by molar-refractivity contribution is 5.97. The van der Waals surface area contributed by atoms with Gasteiger partial charge in [-0.15, -0.1) is 0 Å². The summed E-state index contributed by atoms with van der Waals surface area (Å²) in [6.45, 7) is 3.23. The number of hydrogen-bond donors (Lipinski definition) is 4. The Morgan fingerprint density at radius 3 is 2.43 bits per heavy atom. The number of anilines is 2. The number of rotatable bonds is 3. The fraction of sp³-hybridized carbons (Fsp3) is 0.100. The van der Waals surface area contributed by atoms with Crippen LogP contribution in [0.25, 0.3) is 10.9 Å². The molecule has 8 heteroatoms. The Morgan fingerprint density at radius 2 is 1.68 bits per heavy atom. The van der Waals surface area contributed by atoms with Crippen LogP contribution in [-0.4, -0.2) is 22.8 Å². The van der Waals surface area contributed by atoms with Crippen molar-refractivity contribution in [1.29, 1.82) is 0 Å². The van der Waals surface area contributed by atoms with E-state index in [1.807, 2.05) is 25.1 Å². The van der Waals surface area contributed by atoms with Crippen molar-refractivity contribution in [3.05, 3.63) is 65.9 Å². The van der Waals surface area contributed by atoms with Gasteiger partial charge in [-0.1, -0.05) is 24.3 Å². The van der Waals surface area contributed by atoms with E-state index in [0.29, 0.717) is 16.9 Å². The number of amides is 4. The Labute approximate surface area is 161 Å². The molecule has 142 valence electrons. The van der Waals surface area contributed by atoms with Gasteiger partial charge in [0.25, 0.3) is 5.91 Å². The van der Waals surface area contributed by atoms with E-state index in [1.54, 1.807) is 36.4 Å². The van der Waals surface area contributed by atoms with Crippen molar-refractivity contribution < 1.29 is 14.4 Å². The summed E-state index contributed by atoms with van der Waals surface area (Å²) in [7, 11) is 0. The molecule has 0 atom stereocenters. The number of hydrogen-bond acceptors (Lipinski definition) is 4. The maximum absolute atomic E-state index is 12.2. The Morgan fingerprint density at radius 1 is 0.893 bits per heavy atom. The molecule has 0 saturated carbocycles. The Hall–Kier alpha value is -3.94. The number of carbonyl (C=O) groups is 3. The van der Waals surface area contributed by atoms with Gasteiger partial charge in [-0.25, -0.2) is 15.2 Å². The van der Waals surface area contributed by atoms with Crippen molar-refractivity contribution in [2.75, 3.05) is 10.6 Å². The number of aromatic nitrogens is 1. The smallest absolute Gasteiger partial charge is 0.326 e. The van der Waals surface area contributed by atoms with Gasteiger partial charge in [-0.3, -0.25) is 15.0 Å². The molecule has 3 rings (SSSR count). The number of urea groups is 1. The van der Waals surface area contributed by atoms with E-state index in [1.165, 1.54) is 6.92 Å². The molecule has 1 aromatic heterocycles. The number of carbonyl (C=O) groups excluding carboxylic acids is 3. The first-order valence-corrected chi connectivity index (χ1v) is 8.54. The SMILES string of the molecule is CC(=O)Nc1ccc(NC(=O)NNC(=O)c2ccc3ccccc3n2)cc1C. The standard InChI is InChI=1S/C20H19N5O3/c1-12-11-15(8-10-16(12)21-13(2)26)22-20(28)25-24-19(27)18-9-7-14-5-3-4-6-17(14)23-18/h3-11H,1-2H3,(H,21,26)(H,24,27)(H2,22,25,28). The molecule has 3 aromatic rings. The zero-order valence-corrected chi connectivity index (χ0v) is 15.4. The van der Waals surface area contributed by atoms with E-state index in [2.05, 4.69) is 26.5 Å². The summed E-state index contributed by atoms with van der Waals surface area (Å²) < 4.78 is 0. The second-order valence-electron chi connectivity index (χ2n) is 6.13. The molecule has 4 amide bonds. The minimum absolute atomic E-state index is 0.174. The van der Waals surface area contributed by atoms with Crippen LogP contribution < -0.4 is 21.5 Å². The van der Waals surface area contributed by atoms with Crippen molar-refractivity contribution in [3.8, 4) is 0 Å². The number of aryl methyl sites for hydroxylation is 1. The van der Waals surface area contributed by atoms with Gasteiger partial charge in [0.2, 0.25) is 5.91 Å². The highest BCUT2D eigenvalue weighted by Crippen LogP contribution is 2.19. The summed E-state index contributed by atoms with van der Waals surface area (Å²) in [6, 6.07) is 15.2. The van der Waals surface area contributed by atoms with Gasteiger partial charge in [0.15, 0.2) is 0 Å². The van der Waals surface area contributed by atoms with E-state index >= 15 is 0 Å². The topological polar surface area (TPSA) is 112 Å². The van der Waals surface area contributed by atoms with Crippen LogP contribution in [0.15, 0.2) is 54.6 Å². The molecule has 0 fully saturated rings. The average Bonchev–Trinajstić information content (AvgIpc) is 2.67. The lowest BCUT2D eigenvalue weighted by atomic mass is 10.2. The molecule has 0 unspecified atom stereocenters. The molecule has 0 saturated heterocycles. The molecule has 0 aliphatic carbocycles. The zero-order chi connectivity index (χ0) is 20.1. The molecule has 0 aliphatic heterocycles. The molecule has 8 nitrogen and oxygen atoms in total. The molecule has 0 radical (unpaired) electrons. The van der Waals surface area contributed by atoms with Crippen molar-refractivity contribution in [1.82, 2.24) is 15.8 Å². The normalized spacial score (nSPS) is 10.2.